The van der Waals surface area contributed by atoms with Crippen LogP contribution in [0.15, 0.2) is 24.3 Å². The van der Waals surface area contributed by atoms with Crippen LogP contribution in [0.4, 0.5) is 18.0 Å². The van der Waals surface area contributed by atoms with Gasteiger partial charge in [0.05, 0.1) is 35.9 Å². The lowest BCUT2D eigenvalue weighted by Crippen LogP contribution is -2.52. The summed E-state index contributed by atoms with van der Waals surface area (Å²) in [6.45, 7) is 3.84. The maximum absolute atomic E-state index is 13.6. The van der Waals surface area contributed by atoms with E-state index in [2.05, 4.69) is 10.2 Å². The number of hydrogen-bond donors (Lipinski definition) is 1. The van der Waals surface area contributed by atoms with E-state index < -0.39 is 21.6 Å². The second kappa shape index (κ2) is 9.81. The molecule has 2 amide bonds. The fraction of sp³-hybridized carbons (Fsp3) is 0.565. The van der Waals surface area contributed by atoms with Crippen LogP contribution in [0, 0.1) is 6.92 Å². The molecule has 0 bridgehead atoms. The minimum Gasteiger partial charge on any atom is -0.378 e. The van der Waals surface area contributed by atoms with Crippen molar-refractivity contribution >= 4 is 15.9 Å². The van der Waals surface area contributed by atoms with Crippen LogP contribution in [0.25, 0.3) is 0 Å². The number of rotatable bonds is 4. The number of carbonyl (C=O) groups is 1. The van der Waals surface area contributed by atoms with E-state index in [4.69, 9.17) is 4.74 Å². The van der Waals surface area contributed by atoms with E-state index in [0.717, 1.165) is 6.26 Å². The van der Waals surface area contributed by atoms with Crippen molar-refractivity contribution in [1.82, 2.24) is 20.0 Å². The van der Waals surface area contributed by atoms with Gasteiger partial charge in [0.25, 0.3) is 0 Å². The first-order valence-corrected chi connectivity index (χ1v) is 13.5. The van der Waals surface area contributed by atoms with E-state index in [1.54, 1.807) is 21.9 Å². The van der Waals surface area contributed by atoms with Gasteiger partial charge < -0.3 is 14.5 Å². The molecule has 1 aromatic carbocycles. The predicted molar refractivity (Wildman–Crippen MR) is 123 cm³/mol. The molecule has 0 spiro atoms. The highest BCUT2D eigenvalue weighted by Crippen LogP contribution is 2.39. The molecule has 8 nitrogen and oxygen atoms in total. The van der Waals surface area contributed by atoms with Crippen molar-refractivity contribution in [2.45, 2.75) is 37.1 Å². The number of amides is 2. The Bertz CT molecular complexity index is 1180. The zero-order chi connectivity index (χ0) is 25.4. The Morgan fingerprint density at radius 2 is 1.83 bits per heavy atom. The zero-order valence-corrected chi connectivity index (χ0v) is 20.5. The molecule has 0 aliphatic carbocycles. The molecule has 192 valence electrons. The zero-order valence-electron chi connectivity index (χ0n) is 19.6. The number of hydrogen-bond acceptors (Lipinski definition) is 5. The number of aromatic amines is 1. The minimum atomic E-state index is -4.47. The molecule has 2 fully saturated rings. The average molecular weight is 515 g/mol. The van der Waals surface area contributed by atoms with Gasteiger partial charge in [-0.25, -0.2) is 13.2 Å². The Labute approximate surface area is 202 Å². The summed E-state index contributed by atoms with van der Waals surface area (Å²) in [7, 11) is -3.27. The number of nitrogens with one attached hydrogen (secondary N) is 1. The number of sulfone groups is 1. The number of aromatic nitrogens is 2. The fourth-order valence-electron chi connectivity index (χ4n) is 4.81. The van der Waals surface area contributed by atoms with Crippen LogP contribution in [0.1, 0.15) is 46.3 Å². The normalized spacial score (nSPS) is 21.9. The van der Waals surface area contributed by atoms with E-state index in [1.807, 2.05) is 0 Å². The van der Waals surface area contributed by atoms with Crippen molar-refractivity contribution in [3.05, 3.63) is 52.3 Å². The summed E-state index contributed by atoms with van der Waals surface area (Å²) in [5, 5.41) is 7.04. The Balaban J connectivity index is 1.64. The Hall–Kier alpha value is -2.60. The third kappa shape index (κ3) is 6.16. The van der Waals surface area contributed by atoms with E-state index in [9.17, 15) is 26.4 Å². The van der Waals surface area contributed by atoms with E-state index >= 15 is 0 Å². The smallest absolute Gasteiger partial charge is 0.378 e. The van der Waals surface area contributed by atoms with Crippen molar-refractivity contribution in [2.24, 2.45) is 0 Å². The van der Waals surface area contributed by atoms with Crippen LogP contribution in [0.2, 0.25) is 0 Å². The van der Waals surface area contributed by atoms with Gasteiger partial charge in [0.2, 0.25) is 0 Å². The maximum atomic E-state index is 13.6. The predicted octanol–water partition coefficient (Wildman–Crippen LogP) is 3.31. The van der Waals surface area contributed by atoms with Gasteiger partial charge in [0, 0.05) is 44.3 Å². The van der Waals surface area contributed by atoms with Gasteiger partial charge in [-0.15, -0.1) is 0 Å². The molecule has 2 atom stereocenters. The van der Waals surface area contributed by atoms with Crippen molar-refractivity contribution < 1.29 is 31.1 Å². The Morgan fingerprint density at radius 1 is 1.14 bits per heavy atom. The number of morpholine rings is 1. The molecular weight excluding hydrogens is 485 g/mol. The molecule has 1 N–H and O–H groups in total. The first-order valence-electron chi connectivity index (χ1n) is 11.4. The SMILES string of the molecule is Cc1ccc(C2CC(c3cc(CS(C)(=O)=O)[nH]n3)CN(C(=O)N3CCOCC3)C2)cc1C(F)(F)F. The number of halogens is 3. The third-order valence-corrected chi connectivity index (χ3v) is 7.36. The van der Waals surface area contributed by atoms with Gasteiger partial charge in [0.15, 0.2) is 9.84 Å². The molecule has 2 aromatic rings. The first-order chi connectivity index (χ1) is 16.4. The minimum absolute atomic E-state index is 0.146. The molecule has 3 heterocycles. The summed E-state index contributed by atoms with van der Waals surface area (Å²) in [6, 6.07) is 5.82. The van der Waals surface area contributed by atoms with Crippen molar-refractivity contribution in [1.29, 1.82) is 0 Å². The second-order valence-corrected chi connectivity index (χ2v) is 11.5. The number of aryl methyl sites for hydroxylation is 1. The van der Waals surface area contributed by atoms with Gasteiger partial charge in [0.1, 0.15) is 0 Å². The molecule has 1 aromatic heterocycles. The number of H-pyrrole nitrogens is 1. The molecule has 2 unspecified atom stereocenters. The summed E-state index contributed by atoms with van der Waals surface area (Å²) >= 11 is 0. The summed E-state index contributed by atoms with van der Waals surface area (Å²) in [6.07, 6.45) is -2.86. The van der Waals surface area contributed by atoms with Crippen LogP contribution < -0.4 is 0 Å². The number of likely N-dealkylation sites (tertiary alicyclic amines) is 1. The van der Waals surface area contributed by atoms with Crippen LogP contribution >= 0.6 is 0 Å². The maximum Gasteiger partial charge on any atom is 0.416 e. The highest BCUT2D eigenvalue weighted by molar-refractivity contribution is 7.89. The number of benzene rings is 1. The monoisotopic (exact) mass is 514 g/mol. The first kappa shape index (κ1) is 25.5. The van der Waals surface area contributed by atoms with Crippen LogP contribution in [0.5, 0.6) is 0 Å². The van der Waals surface area contributed by atoms with Gasteiger partial charge in [-0.1, -0.05) is 12.1 Å². The number of piperidine rings is 1. The summed E-state index contributed by atoms with van der Waals surface area (Å²) in [5.41, 5.74) is 1.01. The van der Waals surface area contributed by atoms with Crippen molar-refractivity contribution in [2.75, 3.05) is 45.6 Å². The van der Waals surface area contributed by atoms with Crippen molar-refractivity contribution in [3.8, 4) is 0 Å². The largest absolute Gasteiger partial charge is 0.416 e. The fourth-order valence-corrected chi connectivity index (χ4v) is 5.52. The summed E-state index contributed by atoms with van der Waals surface area (Å²) in [5.74, 6) is -0.797. The number of carbonyl (C=O) groups excluding carboxylic acids is 1. The lowest BCUT2D eigenvalue weighted by Gasteiger charge is -2.40. The van der Waals surface area contributed by atoms with Crippen LogP contribution in [-0.4, -0.2) is 80.1 Å². The Morgan fingerprint density at radius 3 is 2.49 bits per heavy atom. The van der Waals surface area contributed by atoms with E-state index in [1.165, 1.54) is 19.1 Å². The summed E-state index contributed by atoms with van der Waals surface area (Å²) in [4.78, 5) is 16.7. The number of urea groups is 1. The molecule has 2 aliphatic heterocycles. The lowest BCUT2D eigenvalue weighted by atomic mass is 9.82. The standard InChI is InChI=1S/C23H29F3N4O4S/c1-15-3-4-16(10-20(15)23(24,25)26)17-9-18(21-11-19(27-28-21)14-35(2,32)33)13-30(12-17)22(31)29-5-7-34-8-6-29/h3-4,10-11,17-18H,5-9,12-14H2,1-2H3,(H,27,28). The van der Waals surface area contributed by atoms with Gasteiger partial charge in [-0.05, 0) is 36.6 Å². The lowest BCUT2D eigenvalue weighted by molar-refractivity contribution is -0.138. The second-order valence-electron chi connectivity index (χ2n) is 9.38. The van der Waals surface area contributed by atoms with Gasteiger partial charge >= 0.3 is 12.2 Å². The highest BCUT2D eigenvalue weighted by Gasteiger charge is 2.37. The number of nitrogens with zero attached hydrogens (tertiary/aromatic N) is 3. The number of alkyl halides is 3. The molecule has 35 heavy (non-hydrogen) atoms. The quantitative estimate of drug-likeness (QED) is 0.676. The van der Waals surface area contributed by atoms with Gasteiger partial charge in [-0.2, -0.15) is 18.3 Å². The van der Waals surface area contributed by atoms with E-state index in [-0.39, 0.29) is 35.7 Å². The topological polar surface area (TPSA) is 95.6 Å². The molecular formula is C23H29F3N4O4S. The Kier molecular flexibility index (Phi) is 7.14. The summed E-state index contributed by atoms with van der Waals surface area (Å²) < 4.78 is 69.4. The van der Waals surface area contributed by atoms with Gasteiger partial charge in [-0.3, -0.25) is 5.10 Å². The molecule has 0 radical (unpaired) electrons. The molecule has 2 aliphatic rings. The number of ether oxygens (including phenoxy) is 1. The van der Waals surface area contributed by atoms with E-state index in [0.29, 0.717) is 56.2 Å². The molecule has 4 rings (SSSR count). The highest BCUT2D eigenvalue weighted by atomic mass is 32.2. The average Bonchev–Trinajstić information content (AvgIpc) is 3.25. The van der Waals surface area contributed by atoms with Crippen LogP contribution in [0.3, 0.4) is 0 Å². The third-order valence-electron chi connectivity index (χ3n) is 6.53. The molecule has 12 heteroatoms. The van der Waals surface area contributed by atoms with Crippen LogP contribution in [-0.2, 0) is 26.5 Å². The van der Waals surface area contributed by atoms with Crippen molar-refractivity contribution in [3.63, 3.8) is 0 Å². The molecule has 0 saturated carbocycles. The molecule has 2 saturated heterocycles.